The number of halogens is 1. The number of benzene rings is 1. The molecule has 1 atom stereocenters. The first-order valence-electron chi connectivity index (χ1n) is 8.40. The first kappa shape index (κ1) is 17.3. The largest absolute Gasteiger partial charge is 0.506 e. The molecule has 3 aromatic rings. The second kappa shape index (κ2) is 6.55. The molecule has 3 N–H and O–H groups in total. The van der Waals surface area contributed by atoms with E-state index in [0.717, 1.165) is 29.3 Å². The number of carbonyl (C=O) groups excluding carboxylic acids is 1. The third-order valence-electron chi connectivity index (χ3n) is 4.75. The molecule has 5 nitrogen and oxygen atoms in total. The molecule has 0 saturated carbocycles. The van der Waals surface area contributed by atoms with Crippen LogP contribution >= 0.6 is 27.3 Å². The number of anilines is 1. The fraction of sp³-hybridized carbons (Fsp3) is 0.263. The van der Waals surface area contributed by atoms with Crippen LogP contribution in [0.1, 0.15) is 34.1 Å². The Bertz CT molecular complexity index is 1090. The van der Waals surface area contributed by atoms with Crippen LogP contribution in [-0.2, 0) is 12.8 Å². The molecule has 0 fully saturated rings. The van der Waals surface area contributed by atoms with E-state index in [1.807, 2.05) is 6.07 Å². The van der Waals surface area contributed by atoms with E-state index in [4.69, 9.17) is 0 Å². The van der Waals surface area contributed by atoms with Crippen LogP contribution in [0.3, 0.4) is 0 Å². The summed E-state index contributed by atoms with van der Waals surface area (Å²) in [5.41, 5.74) is 0.795. The van der Waals surface area contributed by atoms with Gasteiger partial charge in [0.15, 0.2) is 0 Å². The van der Waals surface area contributed by atoms with Crippen molar-refractivity contribution in [1.82, 2.24) is 4.98 Å². The lowest BCUT2D eigenvalue weighted by Crippen LogP contribution is -2.23. The summed E-state index contributed by atoms with van der Waals surface area (Å²) in [6.45, 7) is 2.20. The normalized spacial score (nSPS) is 16.5. The minimum absolute atomic E-state index is 0.219. The van der Waals surface area contributed by atoms with Gasteiger partial charge in [0.05, 0.1) is 5.39 Å². The third kappa shape index (κ3) is 2.95. The SMILES string of the molecule is CC1CCc2c(sc3[nH]c(=O)c(C(=O)Nc4cccc(Br)c4)c(O)c23)C1. The summed E-state index contributed by atoms with van der Waals surface area (Å²) in [4.78, 5) is 29.7. The lowest BCUT2D eigenvalue weighted by atomic mass is 9.89. The summed E-state index contributed by atoms with van der Waals surface area (Å²) in [7, 11) is 0. The molecule has 1 amide bonds. The van der Waals surface area contributed by atoms with Crippen LogP contribution in [0.5, 0.6) is 5.75 Å². The van der Waals surface area contributed by atoms with Gasteiger partial charge in [0.25, 0.3) is 11.5 Å². The number of nitrogens with one attached hydrogen (secondary N) is 2. The average Bonchev–Trinajstić information content (AvgIpc) is 2.91. The van der Waals surface area contributed by atoms with Crippen molar-refractivity contribution < 1.29 is 9.90 Å². The number of carbonyl (C=O) groups is 1. The van der Waals surface area contributed by atoms with Gasteiger partial charge >= 0.3 is 0 Å². The van der Waals surface area contributed by atoms with E-state index in [0.29, 0.717) is 21.8 Å². The zero-order chi connectivity index (χ0) is 18.4. The van der Waals surface area contributed by atoms with Crippen LogP contribution in [0.2, 0.25) is 0 Å². The Hall–Kier alpha value is -2.12. The van der Waals surface area contributed by atoms with Gasteiger partial charge in [-0.25, -0.2) is 0 Å². The molecule has 0 aliphatic heterocycles. The standard InChI is InChI=1S/C19H17BrN2O3S/c1-9-5-6-12-13(7-9)26-19-14(12)16(23)15(18(25)22-19)17(24)21-11-4-2-3-10(20)8-11/h2-4,8-9H,5-7H2,1H3,(H,21,24)(H2,22,23,25). The predicted molar refractivity (Wildman–Crippen MR) is 107 cm³/mol. The van der Waals surface area contributed by atoms with E-state index in [2.05, 4.69) is 33.2 Å². The molecule has 0 radical (unpaired) electrons. The van der Waals surface area contributed by atoms with E-state index in [-0.39, 0.29) is 11.3 Å². The Morgan fingerprint density at radius 3 is 3.00 bits per heavy atom. The van der Waals surface area contributed by atoms with E-state index in [1.165, 1.54) is 16.2 Å². The maximum atomic E-state index is 12.6. The fourth-order valence-electron chi connectivity index (χ4n) is 3.46. The smallest absolute Gasteiger partial charge is 0.265 e. The predicted octanol–water partition coefficient (Wildman–Crippen LogP) is 4.43. The van der Waals surface area contributed by atoms with E-state index < -0.39 is 11.5 Å². The van der Waals surface area contributed by atoms with Crippen LogP contribution in [0, 0.1) is 5.92 Å². The van der Waals surface area contributed by atoms with Crippen molar-refractivity contribution in [2.45, 2.75) is 26.2 Å². The lowest BCUT2D eigenvalue weighted by Gasteiger charge is -2.18. The molecule has 26 heavy (non-hydrogen) atoms. The number of aromatic nitrogens is 1. The van der Waals surface area contributed by atoms with E-state index in [9.17, 15) is 14.7 Å². The van der Waals surface area contributed by atoms with Crippen molar-refractivity contribution in [2.75, 3.05) is 5.32 Å². The highest BCUT2D eigenvalue weighted by Gasteiger charge is 2.27. The van der Waals surface area contributed by atoms with Crippen molar-refractivity contribution in [1.29, 1.82) is 0 Å². The Morgan fingerprint density at radius 1 is 1.42 bits per heavy atom. The molecule has 1 aliphatic carbocycles. The Morgan fingerprint density at radius 2 is 2.23 bits per heavy atom. The number of rotatable bonds is 2. The summed E-state index contributed by atoms with van der Waals surface area (Å²) < 4.78 is 0.810. The zero-order valence-electron chi connectivity index (χ0n) is 14.1. The second-order valence-corrected chi connectivity index (χ2v) is 8.72. The first-order valence-corrected chi connectivity index (χ1v) is 10.0. The number of H-pyrrole nitrogens is 1. The van der Waals surface area contributed by atoms with Crippen molar-refractivity contribution in [3.05, 3.63) is 55.1 Å². The number of aromatic amines is 1. The Labute approximate surface area is 162 Å². The van der Waals surface area contributed by atoms with Crippen molar-refractivity contribution >= 4 is 49.1 Å². The molecule has 2 heterocycles. The summed E-state index contributed by atoms with van der Waals surface area (Å²) in [5, 5.41) is 14.1. The third-order valence-corrected chi connectivity index (χ3v) is 6.41. The minimum Gasteiger partial charge on any atom is -0.506 e. The molecule has 0 saturated heterocycles. The van der Waals surface area contributed by atoms with Gasteiger partial charge in [0, 0.05) is 15.0 Å². The van der Waals surface area contributed by atoms with Crippen LogP contribution in [0.4, 0.5) is 5.69 Å². The van der Waals surface area contributed by atoms with Gasteiger partial charge in [-0.1, -0.05) is 28.9 Å². The van der Waals surface area contributed by atoms with Crippen molar-refractivity contribution in [2.24, 2.45) is 5.92 Å². The van der Waals surface area contributed by atoms with Crippen LogP contribution in [0.15, 0.2) is 33.5 Å². The number of aromatic hydroxyl groups is 1. The molecule has 1 aromatic carbocycles. The molecule has 1 aliphatic rings. The van der Waals surface area contributed by atoms with Gasteiger partial charge < -0.3 is 15.4 Å². The van der Waals surface area contributed by atoms with Gasteiger partial charge in [0.2, 0.25) is 0 Å². The number of amides is 1. The molecule has 0 bridgehead atoms. The van der Waals surface area contributed by atoms with Gasteiger partial charge in [-0.3, -0.25) is 9.59 Å². The molecule has 4 rings (SSSR count). The maximum absolute atomic E-state index is 12.6. The van der Waals surface area contributed by atoms with E-state index >= 15 is 0 Å². The number of thiophene rings is 1. The van der Waals surface area contributed by atoms with Crippen LogP contribution < -0.4 is 10.9 Å². The number of hydrogen-bond acceptors (Lipinski definition) is 4. The van der Waals surface area contributed by atoms with Gasteiger partial charge in [-0.2, -0.15) is 0 Å². The van der Waals surface area contributed by atoms with Gasteiger partial charge in [-0.05, 0) is 48.9 Å². The minimum atomic E-state index is -0.618. The second-order valence-electron chi connectivity index (χ2n) is 6.70. The fourth-order valence-corrected chi connectivity index (χ4v) is 5.26. The topological polar surface area (TPSA) is 82.2 Å². The molecule has 1 unspecified atom stereocenters. The number of fused-ring (bicyclic) bond motifs is 3. The van der Waals surface area contributed by atoms with Crippen molar-refractivity contribution in [3.8, 4) is 5.75 Å². The lowest BCUT2D eigenvalue weighted by molar-refractivity contribution is 0.102. The Balaban J connectivity index is 1.80. The van der Waals surface area contributed by atoms with Gasteiger partial charge in [0.1, 0.15) is 16.1 Å². The molecule has 134 valence electrons. The Kier molecular flexibility index (Phi) is 4.36. The van der Waals surface area contributed by atoms with Crippen molar-refractivity contribution in [3.63, 3.8) is 0 Å². The number of pyridine rings is 1. The zero-order valence-corrected chi connectivity index (χ0v) is 16.5. The maximum Gasteiger partial charge on any atom is 0.265 e. The van der Waals surface area contributed by atoms with Crippen LogP contribution in [-0.4, -0.2) is 16.0 Å². The molecular weight excluding hydrogens is 416 g/mol. The highest BCUT2D eigenvalue weighted by molar-refractivity contribution is 9.10. The summed E-state index contributed by atoms with van der Waals surface area (Å²) in [6, 6.07) is 7.07. The number of hydrogen-bond donors (Lipinski definition) is 3. The van der Waals surface area contributed by atoms with E-state index in [1.54, 1.807) is 18.2 Å². The summed E-state index contributed by atoms with van der Waals surface area (Å²) >= 11 is 4.85. The number of aryl methyl sites for hydroxylation is 1. The molecular formula is C19H17BrN2O3S. The average molecular weight is 433 g/mol. The molecule has 2 aromatic heterocycles. The summed E-state index contributed by atoms with van der Waals surface area (Å²) in [6.07, 6.45) is 2.83. The highest BCUT2D eigenvalue weighted by Crippen LogP contribution is 2.41. The highest BCUT2D eigenvalue weighted by atomic mass is 79.9. The van der Waals surface area contributed by atoms with Crippen LogP contribution in [0.25, 0.3) is 10.2 Å². The quantitative estimate of drug-likeness (QED) is 0.559. The molecule has 0 spiro atoms. The first-order chi connectivity index (χ1) is 12.4. The van der Waals surface area contributed by atoms with Gasteiger partial charge in [-0.15, -0.1) is 11.3 Å². The molecule has 7 heteroatoms. The monoisotopic (exact) mass is 432 g/mol. The summed E-state index contributed by atoms with van der Waals surface area (Å²) in [5.74, 6) is -0.250.